The van der Waals surface area contributed by atoms with Crippen LogP contribution in [0.25, 0.3) is 5.69 Å². The van der Waals surface area contributed by atoms with Crippen molar-refractivity contribution in [2.75, 3.05) is 27.2 Å². The molecule has 0 radical (unpaired) electrons. The van der Waals surface area contributed by atoms with Crippen molar-refractivity contribution in [1.29, 1.82) is 0 Å². The lowest BCUT2D eigenvalue weighted by molar-refractivity contribution is 0.277. The van der Waals surface area contributed by atoms with Gasteiger partial charge in [-0.25, -0.2) is 4.39 Å². The highest BCUT2D eigenvalue weighted by atomic mass is 32.1. The molecule has 0 saturated carbocycles. The van der Waals surface area contributed by atoms with Gasteiger partial charge in [-0.15, -0.1) is 0 Å². The van der Waals surface area contributed by atoms with E-state index in [0.29, 0.717) is 5.69 Å². The lowest BCUT2D eigenvalue weighted by atomic mass is 9.96. The summed E-state index contributed by atoms with van der Waals surface area (Å²) in [6.07, 6.45) is 1.81. The number of halogens is 1. The fraction of sp³-hybridized carbons (Fsp3) is 0.333. The van der Waals surface area contributed by atoms with Crippen molar-refractivity contribution in [3.8, 4) is 5.69 Å². The van der Waals surface area contributed by atoms with Crippen LogP contribution in [0.5, 0.6) is 0 Å². The Labute approximate surface area is 188 Å². The Bertz CT molecular complexity index is 1080. The molecule has 0 amide bonds. The number of para-hydroxylation sites is 1. The summed E-state index contributed by atoms with van der Waals surface area (Å²) in [6, 6.07) is 14.9. The molecule has 4 rings (SSSR count). The first-order valence-corrected chi connectivity index (χ1v) is 10.9. The van der Waals surface area contributed by atoms with Crippen LogP contribution < -0.4 is 5.32 Å². The van der Waals surface area contributed by atoms with Crippen LogP contribution >= 0.6 is 12.2 Å². The van der Waals surface area contributed by atoms with Gasteiger partial charge in [0.2, 0.25) is 0 Å². The minimum Gasteiger partial charge on any atom is -0.352 e. The van der Waals surface area contributed by atoms with Gasteiger partial charge in [0, 0.05) is 30.7 Å². The molecule has 1 aliphatic rings. The minimum atomic E-state index is -0.235. The smallest absolute Gasteiger partial charge is 0.170 e. The highest BCUT2D eigenvalue weighted by molar-refractivity contribution is 7.80. The molecule has 7 heteroatoms. The Hall–Kier alpha value is -2.77. The minimum absolute atomic E-state index is 0.0333. The SMILES string of the molecule is Cc1cc([C@@H]2[C@H](c3ccccn3)NC(=S)N2CCN(C)C)c(C)n1-c1ccccc1F. The first kappa shape index (κ1) is 21.5. The fourth-order valence-electron chi connectivity index (χ4n) is 4.38. The second-order valence-corrected chi connectivity index (χ2v) is 8.62. The lowest BCUT2D eigenvalue weighted by Crippen LogP contribution is -2.35. The normalized spacial score (nSPS) is 18.6. The molecule has 1 fully saturated rings. The summed E-state index contributed by atoms with van der Waals surface area (Å²) in [5.41, 5.74) is 4.63. The Kier molecular flexibility index (Phi) is 6.07. The number of likely N-dealkylation sites (N-methyl/N-ethyl adjacent to an activating group) is 1. The highest BCUT2D eigenvalue weighted by Crippen LogP contribution is 2.41. The molecular weight excluding hydrogens is 409 g/mol. The molecular formula is C24H28FN5S. The number of aromatic nitrogens is 2. The molecule has 2 aromatic heterocycles. The van der Waals surface area contributed by atoms with Crippen LogP contribution in [0.4, 0.5) is 4.39 Å². The van der Waals surface area contributed by atoms with Crippen LogP contribution in [-0.2, 0) is 0 Å². The fourth-order valence-corrected chi connectivity index (χ4v) is 4.72. The van der Waals surface area contributed by atoms with E-state index in [2.05, 4.69) is 47.2 Å². The summed E-state index contributed by atoms with van der Waals surface area (Å²) in [5.74, 6) is -0.235. The molecule has 3 aromatic rings. The number of hydrogen-bond acceptors (Lipinski definition) is 3. The predicted octanol–water partition coefficient (Wildman–Crippen LogP) is 4.16. The monoisotopic (exact) mass is 437 g/mol. The third kappa shape index (κ3) is 4.07. The van der Waals surface area contributed by atoms with Crippen molar-refractivity contribution in [3.05, 3.63) is 83.2 Å². The number of aryl methyl sites for hydroxylation is 1. The molecule has 162 valence electrons. The van der Waals surface area contributed by atoms with Gasteiger partial charge in [-0.3, -0.25) is 4.98 Å². The zero-order valence-electron chi connectivity index (χ0n) is 18.3. The zero-order valence-corrected chi connectivity index (χ0v) is 19.2. The van der Waals surface area contributed by atoms with Gasteiger partial charge in [-0.1, -0.05) is 18.2 Å². The number of nitrogens with one attached hydrogen (secondary N) is 1. The van der Waals surface area contributed by atoms with Gasteiger partial charge in [0.1, 0.15) is 5.82 Å². The van der Waals surface area contributed by atoms with Gasteiger partial charge in [-0.05, 0) is 76.1 Å². The van der Waals surface area contributed by atoms with Crippen LogP contribution in [0.15, 0.2) is 54.7 Å². The highest BCUT2D eigenvalue weighted by Gasteiger charge is 2.41. The average molecular weight is 438 g/mol. The zero-order chi connectivity index (χ0) is 22.1. The third-order valence-electron chi connectivity index (χ3n) is 5.87. The summed E-state index contributed by atoms with van der Waals surface area (Å²) in [6.45, 7) is 5.73. The summed E-state index contributed by atoms with van der Waals surface area (Å²) in [5, 5.41) is 4.21. The van der Waals surface area contributed by atoms with Gasteiger partial charge >= 0.3 is 0 Å². The van der Waals surface area contributed by atoms with Crippen molar-refractivity contribution in [2.45, 2.75) is 25.9 Å². The summed E-state index contributed by atoms with van der Waals surface area (Å²) < 4.78 is 16.6. The maximum atomic E-state index is 14.6. The van der Waals surface area contributed by atoms with Crippen molar-refractivity contribution in [3.63, 3.8) is 0 Å². The predicted molar refractivity (Wildman–Crippen MR) is 126 cm³/mol. The number of hydrogen-bond donors (Lipinski definition) is 1. The number of rotatable bonds is 6. The van der Waals surface area contributed by atoms with Crippen molar-refractivity contribution in [1.82, 2.24) is 24.7 Å². The molecule has 5 nitrogen and oxygen atoms in total. The Balaban J connectivity index is 1.82. The lowest BCUT2D eigenvalue weighted by Gasteiger charge is -2.29. The van der Waals surface area contributed by atoms with Crippen molar-refractivity contribution >= 4 is 17.3 Å². The van der Waals surface area contributed by atoms with E-state index < -0.39 is 0 Å². The van der Waals surface area contributed by atoms with Crippen LogP contribution in [-0.4, -0.2) is 51.6 Å². The van der Waals surface area contributed by atoms with Gasteiger partial charge in [0.25, 0.3) is 0 Å². The maximum absolute atomic E-state index is 14.6. The van der Waals surface area contributed by atoms with E-state index in [1.54, 1.807) is 6.07 Å². The summed E-state index contributed by atoms with van der Waals surface area (Å²) in [7, 11) is 4.11. The first-order valence-electron chi connectivity index (χ1n) is 10.4. The number of thiocarbonyl (C=S) groups is 1. The second-order valence-electron chi connectivity index (χ2n) is 8.24. The summed E-state index contributed by atoms with van der Waals surface area (Å²) in [4.78, 5) is 8.99. The average Bonchev–Trinajstić information content (AvgIpc) is 3.23. The van der Waals surface area contributed by atoms with Crippen LogP contribution in [0.1, 0.15) is 34.7 Å². The Morgan fingerprint density at radius 1 is 1.13 bits per heavy atom. The van der Waals surface area contributed by atoms with Crippen molar-refractivity contribution in [2.24, 2.45) is 0 Å². The van der Waals surface area contributed by atoms with Gasteiger partial charge in [0.05, 0.1) is 23.5 Å². The molecule has 0 spiro atoms. The second kappa shape index (κ2) is 8.77. The number of pyridine rings is 1. The van der Waals surface area contributed by atoms with Gasteiger partial charge < -0.3 is 19.7 Å². The van der Waals surface area contributed by atoms with Crippen molar-refractivity contribution < 1.29 is 4.39 Å². The molecule has 31 heavy (non-hydrogen) atoms. The molecule has 0 bridgehead atoms. The standard InChI is InChI=1S/C24H28FN5S/c1-16-15-18(17(2)30(16)21-11-6-5-9-19(21)25)23-22(20-10-7-8-12-26-20)27-24(31)29(23)14-13-28(3)4/h5-12,15,22-23H,13-14H2,1-4H3,(H,27,31)/t22-,23+/m0/s1. The largest absolute Gasteiger partial charge is 0.352 e. The third-order valence-corrected chi connectivity index (χ3v) is 6.22. The molecule has 1 aliphatic heterocycles. The number of nitrogens with zero attached hydrogens (tertiary/aromatic N) is 4. The first-order chi connectivity index (χ1) is 14.9. The van der Waals surface area contributed by atoms with Crippen LogP contribution in [0.3, 0.4) is 0 Å². The molecule has 1 saturated heterocycles. The Morgan fingerprint density at radius 2 is 1.87 bits per heavy atom. The molecule has 1 N–H and O–H groups in total. The Morgan fingerprint density at radius 3 is 2.55 bits per heavy atom. The maximum Gasteiger partial charge on any atom is 0.170 e. The van der Waals surface area contributed by atoms with E-state index in [0.717, 1.165) is 40.8 Å². The quantitative estimate of drug-likeness (QED) is 0.586. The molecule has 2 atom stereocenters. The van der Waals surface area contributed by atoms with E-state index in [1.807, 2.05) is 48.0 Å². The van der Waals surface area contributed by atoms with Crippen LogP contribution in [0.2, 0.25) is 0 Å². The molecule has 0 unspecified atom stereocenters. The van der Waals surface area contributed by atoms with Gasteiger partial charge in [0.15, 0.2) is 5.11 Å². The molecule has 0 aliphatic carbocycles. The molecule has 3 heterocycles. The van der Waals surface area contributed by atoms with E-state index >= 15 is 0 Å². The topological polar surface area (TPSA) is 36.3 Å². The van der Waals surface area contributed by atoms with E-state index in [1.165, 1.54) is 6.07 Å². The number of benzene rings is 1. The van der Waals surface area contributed by atoms with E-state index in [-0.39, 0.29) is 17.9 Å². The van der Waals surface area contributed by atoms with Gasteiger partial charge in [-0.2, -0.15) is 0 Å². The van der Waals surface area contributed by atoms with E-state index in [9.17, 15) is 4.39 Å². The molecule has 1 aromatic carbocycles. The van der Waals surface area contributed by atoms with Crippen LogP contribution in [0, 0.1) is 19.7 Å². The van der Waals surface area contributed by atoms with E-state index in [4.69, 9.17) is 12.2 Å². The summed E-state index contributed by atoms with van der Waals surface area (Å²) >= 11 is 5.75.